The first-order chi connectivity index (χ1) is 33.1. The number of piperidine rings is 2. The van der Waals surface area contributed by atoms with Crippen molar-refractivity contribution in [3.8, 4) is 11.1 Å². The number of fused-ring (bicyclic) bond motifs is 2. The number of ether oxygens (including phenoxy) is 1. The van der Waals surface area contributed by atoms with E-state index in [9.17, 15) is 24.0 Å². The third-order valence-electron chi connectivity index (χ3n) is 13.0. The summed E-state index contributed by atoms with van der Waals surface area (Å²) in [5.74, 6) is -3.29. The van der Waals surface area contributed by atoms with Gasteiger partial charge < -0.3 is 21.1 Å². The molecule has 3 fully saturated rings. The average Bonchev–Trinajstić information content (AvgIpc) is 3.58. The van der Waals surface area contributed by atoms with Gasteiger partial charge in [-0.2, -0.15) is 0 Å². The molecule has 5 amide bonds. The lowest BCUT2D eigenvalue weighted by Gasteiger charge is -2.29. The number of carbonyl (C=O) groups excluding carboxylic acids is 5. The maximum Gasteiger partial charge on any atom is 0.262 e. The summed E-state index contributed by atoms with van der Waals surface area (Å²) in [6, 6.07) is 12.1. The van der Waals surface area contributed by atoms with Crippen LogP contribution in [0.5, 0.6) is 0 Å². The fourth-order valence-electron chi connectivity index (χ4n) is 9.16. The first kappa shape index (κ1) is 48.0. The Morgan fingerprint density at radius 3 is 2.31 bits per heavy atom. The van der Waals surface area contributed by atoms with Crippen LogP contribution in [0, 0.1) is 11.6 Å². The van der Waals surface area contributed by atoms with E-state index in [0.717, 1.165) is 75.0 Å². The molecule has 68 heavy (non-hydrogen) atoms. The lowest BCUT2D eigenvalue weighted by atomic mass is 10.0. The lowest BCUT2D eigenvalue weighted by Crippen LogP contribution is -2.54. The van der Waals surface area contributed by atoms with E-state index < -0.39 is 41.3 Å². The molecule has 16 nitrogen and oxygen atoms in total. The van der Waals surface area contributed by atoms with Crippen molar-refractivity contribution in [2.75, 3.05) is 64.3 Å². The Hall–Kier alpha value is -6.50. The number of morpholine rings is 1. The summed E-state index contributed by atoms with van der Waals surface area (Å²) in [7, 11) is 0. The Bertz CT molecular complexity index is 2570. The maximum absolute atomic E-state index is 15.4. The van der Waals surface area contributed by atoms with Crippen LogP contribution in [-0.4, -0.2) is 132 Å². The van der Waals surface area contributed by atoms with E-state index in [2.05, 4.69) is 25.8 Å². The molecule has 18 heteroatoms. The van der Waals surface area contributed by atoms with Crippen molar-refractivity contribution in [3.63, 3.8) is 0 Å². The highest BCUT2D eigenvalue weighted by atomic mass is 19.1. The molecule has 1 atom stereocenters. The van der Waals surface area contributed by atoms with E-state index >= 15 is 8.78 Å². The number of likely N-dealkylation sites (tertiary alicyclic amines) is 1. The van der Waals surface area contributed by atoms with Crippen molar-refractivity contribution in [2.24, 2.45) is 10.7 Å². The number of nitrogens with one attached hydrogen (secondary N) is 3. The van der Waals surface area contributed by atoms with Gasteiger partial charge in [0.1, 0.15) is 17.7 Å². The SMILES string of the molecule is N/C=C(\C=NC1CCN(CC(=O)NCCCCCCCCNc2ccc3c(c2)C(=O)N(C2CCC(=O)NC2=O)C3=O)CC1)c1cnc2cccc(-c3cc(F)c(CN4CCOCC4)c(F)c3)c2n1. The van der Waals surface area contributed by atoms with Crippen LogP contribution >= 0.6 is 0 Å². The topological polar surface area (TPSA) is 205 Å². The highest BCUT2D eigenvalue weighted by molar-refractivity contribution is 6.23. The number of amides is 5. The van der Waals surface area contributed by atoms with Gasteiger partial charge in [0.25, 0.3) is 11.8 Å². The molecule has 5 N–H and O–H groups in total. The number of benzene rings is 3. The Labute approximate surface area is 393 Å². The fraction of sp³-hybridized carbons (Fsp3) is 0.440. The molecule has 4 aliphatic heterocycles. The Balaban J connectivity index is 0.707. The molecule has 0 aliphatic carbocycles. The zero-order valence-electron chi connectivity index (χ0n) is 38.1. The van der Waals surface area contributed by atoms with Gasteiger partial charge in [-0.3, -0.25) is 54.0 Å². The summed E-state index contributed by atoms with van der Waals surface area (Å²) in [4.78, 5) is 82.0. The molecular formula is C50H58F2N10O6. The van der Waals surface area contributed by atoms with Crippen molar-refractivity contribution < 1.29 is 37.5 Å². The van der Waals surface area contributed by atoms with E-state index in [1.165, 1.54) is 18.3 Å². The molecule has 0 bridgehead atoms. The van der Waals surface area contributed by atoms with E-state index in [1.54, 1.807) is 48.8 Å². The van der Waals surface area contributed by atoms with Crippen LogP contribution in [0.15, 0.2) is 65.9 Å². The number of unbranched alkanes of at least 4 members (excludes halogenated alkanes) is 5. The number of para-hydroxylation sites is 1. The molecule has 1 unspecified atom stereocenters. The van der Waals surface area contributed by atoms with Crippen LogP contribution in [0.25, 0.3) is 27.7 Å². The molecular weight excluding hydrogens is 875 g/mol. The molecule has 3 aromatic carbocycles. The van der Waals surface area contributed by atoms with E-state index in [4.69, 9.17) is 20.4 Å². The summed E-state index contributed by atoms with van der Waals surface area (Å²) in [6.07, 6.45) is 12.5. The number of anilines is 1. The van der Waals surface area contributed by atoms with Crippen LogP contribution in [0.4, 0.5) is 14.5 Å². The second-order valence-corrected chi connectivity index (χ2v) is 17.7. The normalized spacial score (nSPS) is 18.7. The van der Waals surface area contributed by atoms with Gasteiger partial charge in [-0.25, -0.2) is 13.8 Å². The quantitative estimate of drug-likeness (QED) is 0.0544. The van der Waals surface area contributed by atoms with Gasteiger partial charge >= 0.3 is 0 Å². The van der Waals surface area contributed by atoms with Crippen molar-refractivity contribution in [3.05, 3.63) is 94.9 Å². The highest BCUT2D eigenvalue weighted by Gasteiger charge is 2.44. The van der Waals surface area contributed by atoms with Gasteiger partial charge in [0.05, 0.1) is 59.9 Å². The second kappa shape index (κ2) is 22.5. The van der Waals surface area contributed by atoms with Crippen LogP contribution < -0.4 is 21.7 Å². The predicted molar refractivity (Wildman–Crippen MR) is 253 cm³/mol. The van der Waals surface area contributed by atoms with Gasteiger partial charge in [0.15, 0.2) is 0 Å². The Morgan fingerprint density at radius 2 is 1.57 bits per heavy atom. The first-order valence-electron chi connectivity index (χ1n) is 23.6. The van der Waals surface area contributed by atoms with Gasteiger partial charge in [0, 0.05) is 87.0 Å². The maximum atomic E-state index is 15.4. The number of nitrogens with two attached hydrogens (primary N) is 1. The molecule has 0 saturated carbocycles. The third kappa shape index (κ3) is 11.6. The Morgan fingerprint density at radius 1 is 0.853 bits per heavy atom. The number of halogens is 2. The number of aromatic nitrogens is 2. The first-order valence-corrected chi connectivity index (χ1v) is 23.6. The number of hydrogen-bond acceptors (Lipinski definition) is 13. The summed E-state index contributed by atoms with van der Waals surface area (Å²) in [6.45, 7) is 5.62. The highest BCUT2D eigenvalue weighted by Crippen LogP contribution is 2.32. The number of rotatable bonds is 19. The van der Waals surface area contributed by atoms with E-state index in [0.29, 0.717) is 79.4 Å². The minimum atomic E-state index is -0.988. The summed E-state index contributed by atoms with van der Waals surface area (Å²) in [5, 5.41) is 8.59. The molecule has 1 aromatic heterocycles. The molecule has 5 heterocycles. The summed E-state index contributed by atoms with van der Waals surface area (Å²) >= 11 is 0. The number of aliphatic imine (C=N–C) groups is 1. The Kier molecular flexibility index (Phi) is 15.9. The van der Waals surface area contributed by atoms with Crippen molar-refractivity contribution in [1.82, 2.24) is 35.3 Å². The van der Waals surface area contributed by atoms with Gasteiger partial charge in [0.2, 0.25) is 17.7 Å². The minimum Gasteiger partial charge on any atom is -0.404 e. The number of carbonyl (C=O) groups is 5. The molecule has 4 aliphatic rings. The van der Waals surface area contributed by atoms with E-state index in [1.807, 2.05) is 4.90 Å². The van der Waals surface area contributed by atoms with Crippen LogP contribution in [0.2, 0.25) is 0 Å². The molecule has 8 rings (SSSR count). The number of allylic oxidation sites excluding steroid dienone is 1. The minimum absolute atomic E-state index is 0.0105. The fourth-order valence-corrected chi connectivity index (χ4v) is 9.16. The summed E-state index contributed by atoms with van der Waals surface area (Å²) < 4.78 is 36.1. The largest absolute Gasteiger partial charge is 0.404 e. The van der Waals surface area contributed by atoms with Gasteiger partial charge in [-0.1, -0.05) is 37.8 Å². The molecule has 3 saturated heterocycles. The van der Waals surface area contributed by atoms with Gasteiger partial charge in [-0.05, 0) is 74.1 Å². The average molecular weight is 933 g/mol. The third-order valence-corrected chi connectivity index (χ3v) is 13.0. The smallest absolute Gasteiger partial charge is 0.262 e. The van der Waals surface area contributed by atoms with Crippen molar-refractivity contribution in [2.45, 2.75) is 82.8 Å². The molecule has 4 aromatic rings. The number of hydrogen-bond donors (Lipinski definition) is 4. The van der Waals surface area contributed by atoms with E-state index in [-0.39, 0.29) is 48.0 Å². The molecule has 358 valence electrons. The monoisotopic (exact) mass is 932 g/mol. The lowest BCUT2D eigenvalue weighted by molar-refractivity contribution is -0.136. The molecule has 0 spiro atoms. The standard InChI is InChI=1S/C50H58F2N10O6/c51-40-24-32(25-41(52)39(40)30-61-20-22-68-23-21-61)36-8-7-9-42-47(36)58-43(29-57-42)33(27-53)28-56-34-14-18-60(19-15-34)31-46(64)55-17-6-4-2-1-3-5-16-54-35-10-11-37-38(26-35)50(67)62(49(37)66)44-12-13-45(63)59-48(44)65/h7-11,24-29,34,44,54H,1-6,12-23,30-31,53H2,(H,55,64)(H,59,63,65)/b33-27+,56-28?. The summed E-state index contributed by atoms with van der Waals surface area (Å²) in [5.41, 5.74) is 10.4. The zero-order valence-corrected chi connectivity index (χ0v) is 38.1. The number of nitrogens with zero attached hydrogens (tertiary/aromatic N) is 6. The van der Waals surface area contributed by atoms with Crippen LogP contribution in [0.3, 0.4) is 0 Å². The van der Waals surface area contributed by atoms with Crippen LogP contribution in [-0.2, 0) is 25.7 Å². The zero-order chi connectivity index (χ0) is 47.6. The number of imide groups is 2. The molecule has 0 radical (unpaired) electrons. The van der Waals surface area contributed by atoms with Crippen LogP contribution in [0.1, 0.15) is 96.2 Å². The van der Waals surface area contributed by atoms with Gasteiger partial charge in [-0.15, -0.1) is 0 Å². The van der Waals surface area contributed by atoms with Crippen molar-refractivity contribution in [1.29, 1.82) is 0 Å². The van der Waals surface area contributed by atoms with Crippen molar-refractivity contribution >= 4 is 58.0 Å². The predicted octanol–water partition coefficient (Wildman–Crippen LogP) is 5.21. The second-order valence-electron chi connectivity index (χ2n) is 17.7.